The normalized spacial score (nSPS) is 27.2. The Morgan fingerprint density at radius 1 is 1.89 bits per heavy atom. The van der Waals surface area contributed by atoms with E-state index in [0.717, 1.165) is 0 Å². The first-order chi connectivity index (χ1) is 4.20. The Balaban J connectivity index is 2.75. The minimum absolute atomic E-state index is 0.00810. The summed E-state index contributed by atoms with van der Waals surface area (Å²) in [6, 6.07) is 0.136. The summed E-state index contributed by atoms with van der Waals surface area (Å²) < 4.78 is 12.3. The van der Waals surface area contributed by atoms with Gasteiger partial charge < -0.3 is 0 Å². The summed E-state index contributed by atoms with van der Waals surface area (Å²) in [5.41, 5.74) is 0. The number of dihydropyridines is 1. The van der Waals surface area contributed by atoms with Crippen LogP contribution in [0.5, 0.6) is 0 Å². The number of halogens is 2. The minimum Gasteiger partial charge on any atom is -0.267 e. The van der Waals surface area contributed by atoms with E-state index in [2.05, 4.69) is 4.99 Å². The smallest absolute Gasteiger partial charge is 0.159 e. The van der Waals surface area contributed by atoms with Gasteiger partial charge in [-0.05, 0) is 19.4 Å². The van der Waals surface area contributed by atoms with E-state index in [1.165, 1.54) is 6.08 Å². The van der Waals surface area contributed by atoms with Gasteiger partial charge in [-0.25, -0.2) is 4.39 Å². The fourth-order valence-corrected chi connectivity index (χ4v) is 0.910. The van der Waals surface area contributed by atoms with Crippen LogP contribution in [0.4, 0.5) is 4.39 Å². The first-order valence-electron chi connectivity index (χ1n) is 2.79. The molecule has 0 saturated carbocycles. The number of rotatable bonds is 0. The molecule has 0 N–H and O–H groups in total. The topological polar surface area (TPSA) is 12.4 Å². The Hall–Kier alpha value is -0.370. The first kappa shape index (κ1) is 6.75. The van der Waals surface area contributed by atoms with Crippen molar-refractivity contribution in [2.75, 3.05) is 0 Å². The summed E-state index contributed by atoms with van der Waals surface area (Å²) in [5.74, 6) is -0.394. The van der Waals surface area contributed by atoms with Gasteiger partial charge in [0, 0.05) is 0 Å². The molecular formula is C6H7ClFN. The van der Waals surface area contributed by atoms with Gasteiger partial charge in [0.25, 0.3) is 0 Å². The van der Waals surface area contributed by atoms with Crippen molar-refractivity contribution in [2.24, 2.45) is 4.99 Å². The monoisotopic (exact) mass is 147 g/mol. The Bertz CT molecular complexity index is 174. The second kappa shape index (κ2) is 2.48. The highest BCUT2D eigenvalue weighted by Gasteiger charge is 2.10. The van der Waals surface area contributed by atoms with Gasteiger partial charge in [0.05, 0.1) is 6.04 Å². The lowest BCUT2D eigenvalue weighted by molar-refractivity contribution is 0.644. The molecule has 1 unspecified atom stereocenters. The molecule has 0 aromatic rings. The average Bonchev–Trinajstić information content (AvgIpc) is 1.80. The molecule has 0 saturated heterocycles. The van der Waals surface area contributed by atoms with Gasteiger partial charge in [-0.3, -0.25) is 4.99 Å². The lowest BCUT2D eigenvalue weighted by Crippen LogP contribution is -2.05. The zero-order chi connectivity index (χ0) is 6.85. The Labute approximate surface area is 58.2 Å². The van der Waals surface area contributed by atoms with Gasteiger partial charge in [-0.1, -0.05) is 11.6 Å². The van der Waals surface area contributed by atoms with Crippen LogP contribution in [0.2, 0.25) is 0 Å². The van der Waals surface area contributed by atoms with Crippen molar-refractivity contribution in [2.45, 2.75) is 19.4 Å². The Kier molecular flexibility index (Phi) is 1.86. The van der Waals surface area contributed by atoms with Gasteiger partial charge in [-0.2, -0.15) is 0 Å². The van der Waals surface area contributed by atoms with E-state index in [9.17, 15) is 4.39 Å². The molecule has 1 heterocycles. The third-order valence-electron chi connectivity index (χ3n) is 1.17. The minimum atomic E-state index is -0.394. The molecule has 0 aliphatic carbocycles. The predicted molar refractivity (Wildman–Crippen MR) is 36.6 cm³/mol. The van der Waals surface area contributed by atoms with Crippen molar-refractivity contribution in [3.05, 3.63) is 11.9 Å². The molecule has 1 aliphatic rings. The van der Waals surface area contributed by atoms with Gasteiger partial charge in [-0.15, -0.1) is 0 Å². The van der Waals surface area contributed by atoms with Crippen LogP contribution < -0.4 is 0 Å². The summed E-state index contributed by atoms with van der Waals surface area (Å²) >= 11 is 5.37. The molecule has 1 aliphatic heterocycles. The van der Waals surface area contributed by atoms with Crippen LogP contribution in [0.25, 0.3) is 0 Å². The summed E-state index contributed by atoms with van der Waals surface area (Å²) in [6.45, 7) is 1.89. The van der Waals surface area contributed by atoms with Gasteiger partial charge in [0.2, 0.25) is 0 Å². The van der Waals surface area contributed by atoms with E-state index in [4.69, 9.17) is 11.6 Å². The van der Waals surface area contributed by atoms with Crippen LogP contribution in [0, 0.1) is 0 Å². The van der Waals surface area contributed by atoms with Crippen LogP contribution in [-0.2, 0) is 0 Å². The first-order valence-corrected chi connectivity index (χ1v) is 3.17. The standard InChI is InChI=1S/C6H7ClFN/c1-4-2-3-5(8)6(7)9-4/h3-4H,2H2,1H3. The number of allylic oxidation sites excluding steroid dienone is 1. The number of nitrogens with zero attached hydrogens (tertiary/aromatic N) is 1. The molecule has 1 nitrogen and oxygen atoms in total. The van der Waals surface area contributed by atoms with E-state index in [1.807, 2.05) is 6.92 Å². The van der Waals surface area contributed by atoms with Gasteiger partial charge in [0.1, 0.15) is 0 Å². The van der Waals surface area contributed by atoms with E-state index >= 15 is 0 Å². The van der Waals surface area contributed by atoms with Crippen molar-refractivity contribution in [3.63, 3.8) is 0 Å². The molecule has 0 aromatic carbocycles. The molecular weight excluding hydrogens is 141 g/mol. The quantitative estimate of drug-likeness (QED) is 0.499. The number of aliphatic imine (C=N–C) groups is 1. The molecule has 9 heavy (non-hydrogen) atoms. The van der Waals surface area contributed by atoms with E-state index in [0.29, 0.717) is 6.42 Å². The SMILES string of the molecule is CC1CC=C(F)C(Cl)=N1. The van der Waals surface area contributed by atoms with Crippen molar-refractivity contribution in [1.82, 2.24) is 0 Å². The number of hydrogen-bond donors (Lipinski definition) is 0. The third-order valence-corrected chi connectivity index (χ3v) is 1.45. The Morgan fingerprint density at radius 2 is 2.56 bits per heavy atom. The molecule has 50 valence electrons. The second-order valence-electron chi connectivity index (χ2n) is 2.06. The maximum Gasteiger partial charge on any atom is 0.159 e. The molecule has 0 amide bonds. The lowest BCUT2D eigenvalue weighted by Gasteiger charge is -2.07. The van der Waals surface area contributed by atoms with Crippen molar-refractivity contribution < 1.29 is 4.39 Å². The molecule has 0 fully saturated rings. The fourth-order valence-electron chi connectivity index (χ4n) is 0.666. The zero-order valence-corrected chi connectivity index (χ0v) is 5.82. The van der Waals surface area contributed by atoms with Crippen LogP contribution in [-0.4, -0.2) is 11.2 Å². The van der Waals surface area contributed by atoms with Crippen LogP contribution in [0.3, 0.4) is 0 Å². The lowest BCUT2D eigenvalue weighted by atomic mass is 10.2. The van der Waals surface area contributed by atoms with E-state index < -0.39 is 5.83 Å². The second-order valence-corrected chi connectivity index (χ2v) is 2.41. The summed E-state index contributed by atoms with van der Waals surface area (Å²) in [6.07, 6.45) is 2.11. The fraction of sp³-hybridized carbons (Fsp3) is 0.500. The van der Waals surface area contributed by atoms with Crippen molar-refractivity contribution in [3.8, 4) is 0 Å². The van der Waals surface area contributed by atoms with Crippen molar-refractivity contribution >= 4 is 16.8 Å². The molecule has 0 spiro atoms. The highest BCUT2D eigenvalue weighted by molar-refractivity contribution is 6.69. The molecule has 0 bridgehead atoms. The third kappa shape index (κ3) is 1.52. The maximum atomic E-state index is 12.3. The molecule has 0 aromatic heterocycles. The zero-order valence-electron chi connectivity index (χ0n) is 5.06. The summed E-state index contributed by atoms with van der Waals surface area (Å²) in [7, 11) is 0. The van der Waals surface area contributed by atoms with E-state index in [-0.39, 0.29) is 11.2 Å². The molecule has 0 radical (unpaired) electrons. The van der Waals surface area contributed by atoms with E-state index in [1.54, 1.807) is 0 Å². The van der Waals surface area contributed by atoms with Gasteiger partial charge in [0.15, 0.2) is 11.0 Å². The predicted octanol–water partition coefficient (Wildman–Crippen LogP) is 2.27. The average molecular weight is 148 g/mol. The molecule has 1 atom stereocenters. The van der Waals surface area contributed by atoms with Crippen LogP contribution in [0.1, 0.15) is 13.3 Å². The highest BCUT2D eigenvalue weighted by atomic mass is 35.5. The van der Waals surface area contributed by atoms with Crippen LogP contribution in [0.15, 0.2) is 16.9 Å². The van der Waals surface area contributed by atoms with Crippen LogP contribution >= 0.6 is 11.6 Å². The largest absolute Gasteiger partial charge is 0.267 e. The van der Waals surface area contributed by atoms with Crippen molar-refractivity contribution in [1.29, 1.82) is 0 Å². The highest BCUT2D eigenvalue weighted by Crippen LogP contribution is 2.15. The maximum absolute atomic E-state index is 12.3. The molecule has 3 heteroatoms. The summed E-state index contributed by atoms with van der Waals surface area (Å²) in [5, 5.41) is 0.00810. The Morgan fingerprint density at radius 3 is 3.00 bits per heavy atom. The summed E-state index contributed by atoms with van der Waals surface area (Å²) in [4.78, 5) is 3.80. The number of hydrogen-bond acceptors (Lipinski definition) is 1. The molecule has 1 rings (SSSR count). The van der Waals surface area contributed by atoms with Gasteiger partial charge >= 0.3 is 0 Å².